The van der Waals surface area contributed by atoms with Crippen molar-refractivity contribution in [3.8, 4) is 0 Å². The average molecular weight is 344 g/mol. The summed E-state index contributed by atoms with van der Waals surface area (Å²) in [5, 5.41) is 8.93. The number of aromatic carboxylic acids is 1. The number of halogens is 3. The van der Waals surface area contributed by atoms with E-state index < -0.39 is 28.6 Å². The molecule has 1 aromatic carbocycles. The van der Waals surface area contributed by atoms with Gasteiger partial charge in [-0.05, 0) is 34.8 Å². The van der Waals surface area contributed by atoms with Crippen molar-refractivity contribution in [2.75, 3.05) is 0 Å². The first-order chi connectivity index (χ1) is 9.41. The van der Waals surface area contributed by atoms with Gasteiger partial charge in [0.25, 0.3) is 0 Å². The number of hydrogen-bond donors (Lipinski definition) is 1. The van der Waals surface area contributed by atoms with E-state index in [0.29, 0.717) is 0 Å². The van der Waals surface area contributed by atoms with E-state index >= 15 is 0 Å². The van der Waals surface area contributed by atoms with Crippen LogP contribution in [0.2, 0.25) is 0 Å². The van der Waals surface area contributed by atoms with Crippen LogP contribution in [0.4, 0.5) is 8.78 Å². The van der Waals surface area contributed by atoms with Crippen molar-refractivity contribution in [1.82, 2.24) is 4.57 Å². The van der Waals surface area contributed by atoms with E-state index in [9.17, 15) is 18.4 Å². The number of aromatic nitrogens is 1. The highest BCUT2D eigenvalue weighted by Crippen LogP contribution is 2.39. The van der Waals surface area contributed by atoms with Gasteiger partial charge in [0.05, 0.1) is 10.9 Å². The summed E-state index contributed by atoms with van der Waals surface area (Å²) >= 11 is 3.01. The van der Waals surface area contributed by atoms with Gasteiger partial charge in [0.2, 0.25) is 5.43 Å². The fraction of sp³-hybridized carbons (Fsp3) is 0.231. The van der Waals surface area contributed by atoms with Crippen LogP contribution in [0.3, 0.4) is 0 Å². The van der Waals surface area contributed by atoms with Gasteiger partial charge in [-0.2, -0.15) is 0 Å². The molecule has 0 spiro atoms. The van der Waals surface area contributed by atoms with E-state index in [0.717, 1.165) is 25.1 Å². The molecule has 0 radical (unpaired) electrons. The molecule has 1 aliphatic carbocycles. The molecular weight excluding hydrogens is 336 g/mol. The zero-order valence-electron chi connectivity index (χ0n) is 9.99. The molecule has 2 aromatic rings. The molecule has 1 fully saturated rings. The van der Waals surface area contributed by atoms with E-state index in [2.05, 4.69) is 15.9 Å². The second-order valence-corrected chi connectivity index (χ2v) is 5.55. The zero-order chi connectivity index (χ0) is 14.6. The average Bonchev–Trinajstić information content (AvgIpc) is 3.19. The molecule has 0 unspecified atom stereocenters. The smallest absolute Gasteiger partial charge is 0.341 e. The fourth-order valence-corrected chi connectivity index (χ4v) is 2.80. The van der Waals surface area contributed by atoms with Gasteiger partial charge in [-0.15, -0.1) is 0 Å². The molecule has 7 heteroatoms. The Morgan fingerprint density at radius 2 is 2.05 bits per heavy atom. The van der Waals surface area contributed by atoms with Crippen molar-refractivity contribution in [3.05, 3.63) is 44.2 Å². The largest absolute Gasteiger partial charge is 0.477 e. The Morgan fingerprint density at radius 1 is 1.40 bits per heavy atom. The molecular formula is C13H8BrF2NO3. The molecule has 4 nitrogen and oxygen atoms in total. The normalized spacial score (nSPS) is 14.8. The van der Waals surface area contributed by atoms with Crippen LogP contribution in [0.5, 0.6) is 0 Å². The molecule has 1 aromatic heterocycles. The van der Waals surface area contributed by atoms with Gasteiger partial charge in [-0.25, -0.2) is 13.6 Å². The Labute approximate surface area is 119 Å². The summed E-state index contributed by atoms with van der Waals surface area (Å²) in [6.07, 6.45) is 2.58. The van der Waals surface area contributed by atoms with Gasteiger partial charge in [0.1, 0.15) is 5.56 Å². The number of nitrogens with zero attached hydrogens (tertiary/aromatic N) is 1. The molecule has 0 atom stereocenters. The van der Waals surface area contributed by atoms with E-state index in [1.807, 2.05) is 0 Å². The first kappa shape index (κ1) is 13.2. The minimum atomic E-state index is -1.39. The molecule has 1 aliphatic rings. The van der Waals surface area contributed by atoms with Crippen molar-refractivity contribution in [2.45, 2.75) is 18.9 Å². The Morgan fingerprint density at radius 3 is 2.60 bits per heavy atom. The van der Waals surface area contributed by atoms with Crippen LogP contribution in [-0.4, -0.2) is 15.6 Å². The highest BCUT2D eigenvalue weighted by Gasteiger charge is 2.29. The first-order valence-electron chi connectivity index (χ1n) is 5.87. The minimum Gasteiger partial charge on any atom is -0.477 e. The lowest BCUT2D eigenvalue weighted by atomic mass is 10.1. The van der Waals surface area contributed by atoms with Crippen LogP contribution in [0.1, 0.15) is 29.2 Å². The molecule has 104 valence electrons. The lowest BCUT2D eigenvalue weighted by Gasteiger charge is -2.13. The number of fused-ring (bicyclic) bond motifs is 1. The number of benzene rings is 1. The van der Waals surface area contributed by atoms with Gasteiger partial charge < -0.3 is 9.67 Å². The van der Waals surface area contributed by atoms with Crippen molar-refractivity contribution in [3.63, 3.8) is 0 Å². The SMILES string of the molecule is O=C(O)c1cn(C2CC2)c2c(F)c(F)cc(Br)c2c1=O. The summed E-state index contributed by atoms with van der Waals surface area (Å²) in [5.41, 5.74) is -1.46. The number of pyridine rings is 1. The van der Waals surface area contributed by atoms with Crippen molar-refractivity contribution in [1.29, 1.82) is 0 Å². The Balaban J connectivity index is 2.55. The third kappa shape index (κ3) is 1.84. The van der Waals surface area contributed by atoms with Crippen molar-refractivity contribution < 1.29 is 18.7 Å². The van der Waals surface area contributed by atoms with Crippen LogP contribution in [0, 0.1) is 11.6 Å². The molecule has 20 heavy (non-hydrogen) atoms. The quantitative estimate of drug-likeness (QED) is 0.852. The lowest BCUT2D eigenvalue weighted by Crippen LogP contribution is -2.20. The van der Waals surface area contributed by atoms with Gasteiger partial charge in [-0.1, -0.05) is 0 Å². The summed E-state index contributed by atoms with van der Waals surface area (Å²) in [4.78, 5) is 23.3. The maximum Gasteiger partial charge on any atom is 0.341 e. The highest BCUT2D eigenvalue weighted by atomic mass is 79.9. The molecule has 0 bridgehead atoms. The molecule has 1 saturated carbocycles. The standard InChI is InChI=1S/C13H8BrF2NO3/c14-7-3-8(15)10(16)11-9(7)12(18)6(13(19)20)4-17(11)5-1-2-5/h3-5H,1-2H2,(H,19,20). The number of hydrogen-bond acceptors (Lipinski definition) is 2. The van der Waals surface area contributed by atoms with Gasteiger partial charge in [0.15, 0.2) is 11.6 Å². The molecule has 3 rings (SSSR count). The van der Waals surface area contributed by atoms with Crippen LogP contribution in [0.15, 0.2) is 21.5 Å². The van der Waals surface area contributed by atoms with Crippen molar-refractivity contribution in [2.24, 2.45) is 0 Å². The lowest BCUT2D eigenvalue weighted by molar-refractivity contribution is 0.0695. The maximum atomic E-state index is 14.0. The molecule has 0 saturated heterocycles. The number of carboxylic acid groups (broad SMARTS) is 1. The summed E-state index contributed by atoms with van der Waals surface area (Å²) in [5.74, 6) is -3.60. The van der Waals surface area contributed by atoms with Crippen LogP contribution < -0.4 is 5.43 Å². The maximum absolute atomic E-state index is 14.0. The molecule has 1 heterocycles. The van der Waals surface area contributed by atoms with Crippen molar-refractivity contribution >= 4 is 32.8 Å². The monoisotopic (exact) mass is 343 g/mol. The summed E-state index contributed by atoms with van der Waals surface area (Å²) in [6.45, 7) is 0. The minimum absolute atomic E-state index is 0.0499. The fourth-order valence-electron chi connectivity index (χ4n) is 2.23. The van der Waals surface area contributed by atoms with E-state index in [1.54, 1.807) is 0 Å². The third-order valence-corrected chi connectivity index (χ3v) is 3.94. The predicted molar refractivity (Wildman–Crippen MR) is 71.1 cm³/mol. The van der Waals surface area contributed by atoms with E-state index in [1.165, 1.54) is 4.57 Å². The van der Waals surface area contributed by atoms with Crippen LogP contribution in [0.25, 0.3) is 10.9 Å². The number of carboxylic acids is 1. The Hall–Kier alpha value is -1.76. The Bertz CT molecular complexity index is 812. The highest BCUT2D eigenvalue weighted by molar-refractivity contribution is 9.10. The Kier molecular flexibility index (Phi) is 2.89. The van der Waals surface area contributed by atoms with Gasteiger partial charge in [-0.3, -0.25) is 4.79 Å². The van der Waals surface area contributed by atoms with Gasteiger partial charge in [0, 0.05) is 16.7 Å². The summed E-state index contributed by atoms with van der Waals surface area (Å²) in [6, 6.07) is 0.737. The molecule has 1 N–H and O–H groups in total. The van der Waals surface area contributed by atoms with E-state index in [-0.39, 0.29) is 21.4 Å². The zero-order valence-corrected chi connectivity index (χ0v) is 11.6. The third-order valence-electron chi connectivity index (χ3n) is 3.32. The topological polar surface area (TPSA) is 59.3 Å². The summed E-state index contributed by atoms with van der Waals surface area (Å²) < 4.78 is 29.0. The summed E-state index contributed by atoms with van der Waals surface area (Å²) in [7, 11) is 0. The molecule has 0 aliphatic heterocycles. The molecule has 0 amide bonds. The number of rotatable bonds is 2. The van der Waals surface area contributed by atoms with E-state index in [4.69, 9.17) is 5.11 Å². The predicted octanol–water partition coefficient (Wildman–Crippen LogP) is 3.08. The van der Waals surface area contributed by atoms with Gasteiger partial charge >= 0.3 is 5.97 Å². The second kappa shape index (κ2) is 4.37. The van der Waals surface area contributed by atoms with Crippen LogP contribution >= 0.6 is 15.9 Å². The second-order valence-electron chi connectivity index (χ2n) is 4.69. The first-order valence-corrected chi connectivity index (χ1v) is 6.66. The number of carbonyl (C=O) groups is 1. The van der Waals surface area contributed by atoms with Crippen LogP contribution in [-0.2, 0) is 0 Å².